The monoisotopic (exact) mass is 317 g/mol. The lowest BCUT2D eigenvalue weighted by Crippen LogP contribution is -2.28. The van der Waals surface area contributed by atoms with E-state index in [1.165, 1.54) is 41.9 Å². The van der Waals surface area contributed by atoms with Gasteiger partial charge in [-0.3, -0.25) is 19.5 Å². The number of fused-ring (bicyclic) bond motifs is 1. The summed E-state index contributed by atoms with van der Waals surface area (Å²) in [6, 6.07) is 4.03. The molecule has 1 aliphatic rings. The number of nitro groups is 1. The number of hydrogen-bond donors (Lipinski definition) is 1. The lowest BCUT2D eigenvalue weighted by atomic mass is 10.00. The van der Waals surface area contributed by atoms with Crippen molar-refractivity contribution in [2.75, 3.05) is 0 Å². The second-order valence-corrected chi connectivity index (χ2v) is 6.20. The van der Waals surface area contributed by atoms with Gasteiger partial charge in [0.25, 0.3) is 11.2 Å². The van der Waals surface area contributed by atoms with Gasteiger partial charge in [-0.2, -0.15) is 0 Å². The van der Waals surface area contributed by atoms with Crippen LogP contribution in [-0.4, -0.2) is 25.7 Å². The third-order valence-electron chi connectivity index (χ3n) is 4.51. The van der Waals surface area contributed by atoms with Crippen LogP contribution >= 0.6 is 0 Å². The Labute approximate surface area is 132 Å². The number of aliphatic hydroxyl groups is 1. The molecule has 7 heteroatoms. The minimum Gasteiger partial charge on any atom is -0.391 e. The van der Waals surface area contributed by atoms with E-state index < -0.39 is 11.0 Å². The minimum absolute atomic E-state index is 0.138. The van der Waals surface area contributed by atoms with E-state index in [1.807, 2.05) is 0 Å². The highest BCUT2D eigenvalue weighted by atomic mass is 16.6. The van der Waals surface area contributed by atoms with Crippen molar-refractivity contribution < 1.29 is 10.0 Å². The lowest BCUT2D eigenvalue weighted by molar-refractivity contribution is -0.384. The molecule has 1 aromatic heterocycles. The van der Waals surface area contributed by atoms with Crippen molar-refractivity contribution in [3.8, 4) is 0 Å². The number of nitrogens with zero attached hydrogens (tertiary/aromatic N) is 3. The van der Waals surface area contributed by atoms with Crippen molar-refractivity contribution in [1.82, 2.24) is 9.55 Å². The molecule has 2 aromatic rings. The van der Waals surface area contributed by atoms with Crippen LogP contribution in [0, 0.1) is 16.0 Å². The average Bonchev–Trinajstić information content (AvgIpc) is 3.02. The van der Waals surface area contributed by atoms with Crippen LogP contribution < -0.4 is 5.56 Å². The Bertz CT molecular complexity index is 780. The smallest absolute Gasteiger partial charge is 0.270 e. The maximum atomic E-state index is 12.5. The summed E-state index contributed by atoms with van der Waals surface area (Å²) < 4.78 is 1.34. The summed E-state index contributed by atoms with van der Waals surface area (Å²) in [5.41, 5.74) is -0.0769. The summed E-state index contributed by atoms with van der Waals surface area (Å²) in [5, 5.41) is 21.3. The molecule has 3 rings (SSSR count). The summed E-state index contributed by atoms with van der Waals surface area (Å²) in [6.45, 7) is 0.168. The zero-order valence-electron chi connectivity index (χ0n) is 12.7. The van der Waals surface area contributed by atoms with E-state index >= 15 is 0 Å². The molecule has 1 heterocycles. The van der Waals surface area contributed by atoms with Gasteiger partial charge >= 0.3 is 0 Å². The summed E-state index contributed by atoms with van der Waals surface area (Å²) in [5.74, 6) is 0.523. The van der Waals surface area contributed by atoms with Crippen molar-refractivity contribution in [3.05, 3.63) is 45.0 Å². The quantitative estimate of drug-likeness (QED) is 0.673. The van der Waals surface area contributed by atoms with Gasteiger partial charge in [0.05, 0.1) is 34.8 Å². The van der Waals surface area contributed by atoms with Crippen LogP contribution in [0.5, 0.6) is 0 Å². The third-order valence-corrected chi connectivity index (χ3v) is 4.51. The van der Waals surface area contributed by atoms with E-state index in [2.05, 4.69) is 4.98 Å². The zero-order chi connectivity index (χ0) is 16.4. The Morgan fingerprint density at radius 1 is 1.39 bits per heavy atom. The first-order valence-electron chi connectivity index (χ1n) is 7.86. The molecule has 0 saturated heterocycles. The molecule has 1 saturated carbocycles. The number of rotatable bonds is 5. The fourth-order valence-corrected chi connectivity index (χ4v) is 3.32. The maximum absolute atomic E-state index is 12.5. The SMILES string of the molecule is O=c1c2cc([N+](=O)[O-])ccc2ncn1C[C@H](O)CC1CCCC1. The van der Waals surface area contributed by atoms with Crippen LogP contribution in [0.15, 0.2) is 29.3 Å². The predicted molar refractivity (Wildman–Crippen MR) is 85.2 cm³/mol. The normalized spacial score (nSPS) is 16.7. The lowest BCUT2D eigenvalue weighted by Gasteiger charge is -2.16. The van der Waals surface area contributed by atoms with Gasteiger partial charge in [0, 0.05) is 12.1 Å². The Balaban J connectivity index is 1.84. The Kier molecular flexibility index (Phi) is 4.38. The molecule has 7 nitrogen and oxygen atoms in total. The molecule has 0 radical (unpaired) electrons. The van der Waals surface area contributed by atoms with E-state index in [-0.39, 0.29) is 23.2 Å². The fraction of sp³-hybridized carbons (Fsp3) is 0.500. The summed E-state index contributed by atoms with van der Waals surface area (Å²) in [6.07, 6.45) is 6.15. The standard InChI is InChI=1S/C16H19N3O4/c20-13(7-11-3-1-2-4-11)9-18-10-17-15-6-5-12(19(22)23)8-14(15)16(18)21/h5-6,8,10-11,13,20H,1-4,7,9H2/t13-/m1/s1. The van der Waals surface area contributed by atoms with E-state index in [4.69, 9.17) is 0 Å². The topological polar surface area (TPSA) is 98.3 Å². The molecule has 1 fully saturated rings. The molecule has 1 aliphatic carbocycles. The number of benzene rings is 1. The molecule has 1 atom stereocenters. The first kappa shape index (κ1) is 15.6. The molecule has 122 valence electrons. The largest absolute Gasteiger partial charge is 0.391 e. The highest BCUT2D eigenvalue weighted by Crippen LogP contribution is 2.28. The van der Waals surface area contributed by atoms with Gasteiger partial charge in [-0.1, -0.05) is 25.7 Å². The van der Waals surface area contributed by atoms with E-state index in [1.54, 1.807) is 0 Å². The van der Waals surface area contributed by atoms with Crippen molar-refractivity contribution in [1.29, 1.82) is 0 Å². The molecular formula is C16H19N3O4. The van der Waals surface area contributed by atoms with Gasteiger partial charge in [-0.05, 0) is 18.4 Å². The molecule has 1 aromatic carbocycles. The summed E-state index contributed by atoms with van der Waals surface area (Å²) in [7, 11) is 0. The molecule has 0 unspecified atom stereocenters. The first-order chi connectivity index (χ1) is 11.0. The van der Waals surface area contributed by atoms with Crippen LogP contribution in [-0.2, 0) is 6.54 Å². The van der Waals surface area contributed by atoms with Crippen molar-refractivity contribution in [2.45, 2.75) is 44.8 Å². The van der Waals surface area contributed by atoms with Gasteiger partial charge in [-0.25, -0.2) is 4.98 Å². The number of non-ortho nitro benzene ring substituents is 1. The summed E-state index contributed by atoms with van der Waals surface area (Å²) in [4.78, 5) is 26.9. The number of hydrogen-bond acceptors (Lipinski definition) is 5. The van der Waals surface area contributed by atoms with Gasteiger partial charge < -0.3 is 5.11 Å². The molecule has 0 amide bonds. The average molecular weight is 317 g/mol. The molecule has 1 N–H and O–H groups in total. The molecule has 0 bridgehead atoms. The zero-order valence-corrected chi connectivity index (χ0v) is 12.7. The number of aromatic nitrogens is 2. The van der Waals surface area contributed by atoms with Crippen LogP contribution in [0.1, 0.15) is 32.1 Å². The van der Waals surface area contributed by atoms with E-state index in [9.17, 15) is 20.0 Å². The third kappa shape index (κ3) is 3.39. The molecule has 0 spiro atoms. The predicted octanol–water partition coefficient (Wildman–Crippen LogP) is 2.25. The molecule has 0 aliphatic heterocycles. The van der Waals surface area contributed by atoms with Crippen LogP contribution in [0.25, 0.3) is 10.9 Å². The first-order valence-corrected chi connectivity index (χ1v) is 7.86. The van der Waals surface area contributed by atoms with Gasteiger partial charge in [0.1, 0.15) is 0 Å². The van der Waals surface area contributed by atoms with Gasteiger partial charge in [0.2, 0.25) is 0 Å². The Hall–Kier alpha value is -2.28. The Morgan fingerprint density at radius 2 is 2.13 bits per heavy atom. The minimum atomic E-state index is -0.603. The Morgan fingerprint density at radius 3 is 2.83 bits per heavy atom. The van der Waals surface area contributed by atoms with E-state index in [0.717, 1.165) is 12.8 Å². The maximum Gasteiger partial charge on any atom is 0.270 e. The van der Waals surface area contributed by atoms with Crippen molar-refractivity contribution >= 4 is 16.6 Å². The van der Waals surface area contributed by atoms with Crippen molar-refractivity contribution in [2.24, 2.45) is 5.92 Å². The van der Waals surface area contributed by atoms with Crippen molar-refractivity contribution in [3.63, 3.8) is 0 Å². The van der Waals surface area contributed by atoms with Crippen LogP contribution in [0.4, 0.5) is 5.69 Å². The van der Waals surface area contributed by atoms with Crippen LogP contribution in [0.2, 0.25) is 0 Å². The molecule has 23 heavy (non-hydrogen) atoms. The highest BCUT2D eigenvalue weighted by molar-refractivity contribution is 5.79. The fourth-order valence-electron chi connectivity index (χ4n) is 3.32. The number of aliphatic hydroxyl groups excluding tert-OH is 1. The summed E-state index contributed by atoms with van der Waals surface area (Å²) >= 11 is 0. The number of nitro benzene ring substituents is 1. The second kappa shape index (κ2) is 6.45. The molecular weight excluding hydrogens is 298 g/mol. The highest BCUT2D eigenvalue weighted by Gasteiger charge is 2.20. The van der Waals surface area contributed by atoms with Crippen LogP contribution in [0.3, 0.4) is 0 Å². The van der Waals surface area contributed by atoms with E-state index in [0.29, 0.717) is 17.9 Å². The van der Waals surface area contributed by atoms with Gasteiger partial charge in [0.15, 0.2) is 0 Å². The second-order valence-electron chi connectivity index (χ2n) is 6.20. The van der Waals surface area contributed by atoms with Gasteiger partial charge in [-0.15, -0.1) is 0 Å².